The summed E-state index contributed by atoms with van der Waals surface area (Å²) in [5.74, 6) is 2.14. The van der Waals surface area contributed by atoms with Gasteiger partial charge in [-0.25, -0.2) is 0 Å². The maximum Gasteiger partial charge on any atom is 0.0483 e. The monoisotopic (exact) mass is 255 g/mol. The van der Waals surface area contributed by atoms with Crippen LogP contribution >= 0.6 is 0 Å². The van der Waals surface area contributed by atoms with Crippen molar-refractivity contribution in [3.05, 3.63) is 0 Å². The Morgan fingerprint density at radius 3 is 2.61 bits per heavy atom. The Labute approximate surface area is 114 Å². The van der Waals surface area contributed by atoms with E-state index in [4.69, 9.17) is 10.5 Å². The summed E-state index contributed by atoms with van der Waals surface area (Å²) in [4.78, 5) is 0. The van der Waals surface area contributed by atoms with Gasteiger partial charge in [-0.3, -0.25) is 0 Å². The molecular formula is C16H33NO. The third-order valence-corrected chi connectivity index (χ3v) is 4.60. The lowest BCUT2D eigenvalue weighted by Gasteiger charge is -2.46. The molecule has 0 radical (unpaired) electrons. The summed E-state index contributed by atoms with van der Waals surface area (Å²) in [7, 11) is 0. The Kier molecular flexibility index (Phi) is 6.65. The Morgan fingerprint density at radius 1 is 1.28 bits per heavy atom. The molecule has 18 heavy (non-hydrogen) atoms. The van der Waals surface area contributed by atoms with E-state index in [9.17, 15) is 0 Å². The molecule has 0 heterocycles. The van der Waals surface area contributed by atoms with Crippen LogP contribution in [0.5, 0.6) is 0 Å². The third-order valence-electron chi connectivity index (χ3n) is 4.60. The second-order valence-corrected chi connectivity index (χ2v) is 6.69. The van der Waals surface area contributed by atoms with Crippen molar-refractivity contribution in [3.8, 4) is 0 Å². The van der Waals surface area contributed by atoms with Crippen LogP contribution in [0, 0.1) is 17.8 Å². The normalized spacial score (nSPS) is 33.0. The number of unbranched alkanes of at least 4 members (excludes halogenated alkanes) is 1. The highest BCUT2D eigenvalue weighted by Gasteiger charge is 2.40. The molecule has 2 nitrogen and oxygen atoms in total. The zero-order valence-electron chi connectivity index (χ0n) is 12.9. The smallest absolute Gasteiger partial charge is 0.0483 e. The second-order valence-electron chi connectivity index (χ2n) is 6.69. The first-order chi connectivity index (χ1) is 8.49. The van der Waals surface area contributed by atoms with Crippen molar-refractivity contribution < 1.29 is 4.74 Å². The van der Waals surface area contributed by atoms with Crippen LogP contribution in [0.4, 0.5) is 0 Å². The molecular weight excluding hydrogens is 222 g/mol. The Hall–Kier alpha value is -0.0800. The van der Waals surface area contributed by atoms with E-state index in [1.807, 2.05) is 0 Å². The molecule has 108 valence electrons. The molecule has 1 aliphatic carbocycles. The molecule has 3 unspecified atom stereocenters. The molecule has 1 saturated carbocycles. The first-order valence-electron chi connectivity index (χ1n) is 7.86. The van der Waals surface area contributed by atoms with Crippen molar-refractivity contribution in [2.24, 2.45) is 23.5 Å². The van der Waals surface area contributed by atoms with E-state index in [1.54, 1.807) is 0 Å². The lowest BCUT2D eigenvalue weighted by atomic mass is 9.64. The van der Waals surface area contributed by atoms with Gasteiger partial charge in [-0.1, -0.05) is 40.5 Å². The molecule has 0 spiro atoms. The van der Waals surface area contributed by atoms with Crippen LogP contribution in [-0.4, -0.2) is 18.8 Å². The summed E-state index contributed by atoms with van der Waals surface area (Å²) in [6, 6.07) is 0. The molecule has 3 atom stereocenters. The van der Waals surface area contributed by atoms with Crippen LogP contribution in [0.3, 0.4) is 0 Å². The van der Waals surface area contributed by atoms with Crippen LogP contribution in [0.15, 0.2) is 0 Å². The summed E-state index contributed by atoms with van der Waals surface area (Å²) in [5, 5.41) is 0. The van der Waals surface area contributed by atoms with Crippen molar-refractivity contribution in [1.82, 2.24) is 0 Å². The van der Waals surface area contributed by atoms with Crippen molar-refractivity contribution in [2.45, 2.75) is 71.8 Å². The van der Waals surface area contributed by atoms with E-state index >= 15 is 0 Å². The number of hydrogen-bond donors (Lipinski definition) is 1. The predicted molar refractivity (Wildman–Crippen MR) is 78.6 cm³/mol. The van der Waals surface area contributed by atoms with Crippen LogP contribution in [-0.2, 0) is 4.74 Å². The van der Waals surface area contributed by atoms with Crippen LogP contribution in [0.25, 0.3) is 0 Å². The summed E-state index contributed by atoms with van der Waals surface area (Å²) in [6.45, 7) is 10.9. The fraction of sp³-hybridized carbons (Fsp3) is 1.00. The maximum absolute atomic E-state index is 6.73. The number of ether oxygens (including phenoxy) is 1. The average molecular weight is 255 g/mol. The van der Waals surface area contributed by atoms with Gasteiger partial charge in [-0.2, -0.15) is 0 Å². The van der Waals surface area contributed by atoms with Gasteiger partial charge in [0.15, 0.2) is 0 Å². The van der Waals surface area contributed by atoms with Gasteiger partial charge in [-0.05, 0) is 43.4 Å². The van der Waals surface area contributed by atoms with Crippen LogP contribution < -0.4 is 5.73 Å². The SMILES string of the molecule is CCCCOCCC1(N)CC(C)CCC1C(C)C. The quantitative estimate of drug-likeness (QED) is 0.698. The summed E-state index contributed by atoms with van der Waals surface area (Å²) < 4.78 is 5.73. The van der Waals surface area contributed by atoms with Gasteiger partial charge in [-0.15, -0.1) is 0 Å². The minimum absolute atomic E-state index is 0.0120. The van der Waals surface area contributed by atoms with Gasteiger partial charge in [0.1, 0.15) is 0 Å². The van der Waals surface area contributed by atoms with Gasteiger partial charge in [0, 0.05) is 18.8 Å². The van der Waals surface area contributed by atoms with Crippen molar-refractivity contribution in [3.63, 3.8) is 0 Å². The molecule has 2 N–H and O–H groups in total. The van der Waals surface area contributed by atoms with Gasteiger partial charge in [0.05, 0.1) is 0 Å². The molecule has 1 fully saturated rings. The van der Waals surface area contributed by atoms with E-state index in [1.165, 1.54) is 32.1 Å². The molecule has 0 aliphatic heterocycles. The fourth-order valence-electron chi connectivity index (χ4n) is 3.55. The minimum Gasteiger partial charge on any atom is -0.381 e. The van der Waals surface area contributed by atoms with Crippen LogP contribution in [0.2, 0.25) is 0 Å². The highest BCUT2D eigenvalue weighted by molar-refractivity contribution is 4.97. The molecule has 0 aromatic carbocycles. The molecule has 0 saturated heterocycles. The number of hydrogen-bond acceptors (Lipinski definition) is 2. The molecule has 1 aliphatic rings. The Bertz CT molecular complexity index is 229. The standard InChI is InChI=1S/C16H33NO/c1-5-6-10-18-11-9-16(17)12-14(4)7-8-15(16)13(2)3/h13-15H,5-12,17H2,1-4H3. The highest BCUT2D eigenvalue weighted by atomic mass is 16.5. The van der Waals surface area contributed by atoms with Gasteiger partial charge in [0.25, 0.3) is 0 Å². The zero-order chi connectivity index (χ0) is 13.6. The fourth-order valence-corrected chi connectivity index (χ4v) is 3.55. The predicted octanol–water partition coefficient (Wildman–Crippen LogP) is 3.98. The third kappa shape index (κ3) is 4.55. The van der Waals surface area contributed by atoms with E-state index < -0.39 is 0 Å². The Balaban J connectivity index is 2.44. The topological polar surface area (TPSA) is 35.2 Å². The van der Waals surface area contributed by atoms with Crippen molar-refractivity contribution in [1.29, 1.82) is 0 Å². The van der Waals surface area contributed by atoms with Gasteiger partial charge >= 0.3 is 0 Å². The van der Waals surface area contributed by atoms with Crippen molar-refractivity contribution >= 4 is 0 Å². The summed E-state index contributed by atoms with van der Waals surface area (Å²) >= 11 is 0. The first kappa shape index (κ1) is 16.0. The first-order valence-corrected chi connectivity index (χ1v) is 7.86. The average Bonchev–Trinajstić information content (AvgIpc) is 2.28. The van der Waals surface area contributed by atoms with Gasteiger partial charge in [0.2, 0.25) is 0 Å². The maximum atomic E-state index is 6.73. The van der Waals surface area contributed by atoms with E-state index in [-0.39, 0.29) is 5.54 Å². The molecule has 0 bridgehead atoms. The van der Waals surface area contributed by atoms with Gasteiger partial charge < -0.3 is 10.5 Å². The lowest BCUT2D eigenvalue weighted by Crippen LogP contribution is -2.53. The van der Waals surface area contributed by atoms with E-state index in [0.717, 1.165) is 25.6 Å². The van der Waals surface area contributed by atoms with Crippen molar-refractivity contribution in [2.75, 3.05) is 13.2 Å². The molecule has 0 aromatic rings. The van der Waals surface area contributed by atoms with Crippen LogP contribution in [0.1, 0.15) is 66.2 Å². The number of nitrogens with two attached hydrogens (primary N) is 1. The second kappa shape index (κ2) is 7.49. The molecule has 0 aromatic heterocycles. The number of rotatable bonds is 7. The molecule has 0 amide bonds. The summed E-state index contributed by atoms with van der Waals surface area (Å²) in [6.07, 6.45) is 7.22. The zero-order valence-corrected chi connectivity index (χ0v) is 12.9. The van der Waals surface area contributed by atoms with E-state index in [0.29, 0.717) is 11.8 Å². The minimum atomic E-state index is 0.0120. The van der Waals surface area contributed by atoms with E-state index in [2.05, 4.69) is 27.7 Å². The Morgan fingerprint density at radius 2 is 2.00 bits per heavy atom. The summed E-state index contributed by atoms with van der Waals surface area (Å²) in [5.41, 5.74) is 6.74. The molecule has 2 heteroatoms. The largest absolute Gasteiger partial charge is 0.381 e. The molecule has 1 rings (SSSR count). The lowest BCUT2D eigenvalue weighted by molar-refractivity contribution is 0.0543. The highest BCUT2D eigenvalue weighted by Crippen LogP contribution is 2.41.